The Kier molecular flexibility index (Phi) is 4.35. The maximum Gasteiger partial charge on any atom is 0.309 e. The Labute approximate surface area is 98.9 Å². The SMILES string of the molecule is CC(C)(CCSc1ccc(F)cc1)C(=O)O. The minimum atomic E-state index is -0.785. The second-order valence-corrected chi connectivity index (χ2v) is 5.41. The normalized spacial score (nSPS) is 11.4. The summed E-state index contributed by atoms with van der Waals surface area (Å²) >= 11 is 1.54. The largest absolute Gasteiger partial charge is 0.481 e. The Bertz CT molecular complexity index is 360. The molecule has 1 aromatic carbocycles. The van der Waals surface area contributed by atoms with Crippen molar-refractivity contribution in [1.82, 2.24) is 0 Å². The smallest absolute Gasteiger partial charge is 0.309 e. The molecule has 0 aliphatic rings. The molecule has 1 N–H and O–H groups in total. The summed E-state index contributed by atoms with van der Waals surface area (Å²) in [5.74, 6) is -0.326. The average Bonchev–Trinajstić information content (AvgIpc) is 2.20. The van der Waals surface area contributed by atoms with Gasteiger partial charge in [-0.2, -0.15) is 0 Å². The van der Waals surface area contributed by atoms with E-state index < -0.39 is 11.4 Å². The summed E-state index contributed by atoms with van der Waals surface area (Å²) in [5, 5.41) is 8.92. The Morgan fingerprint density at radius 2 is 1.94 bits per heavy atom. The number of aliphatic carboxylic acids is 1. The highest BCUT2D eigenvalue weighted by atomic mass is 32.2. The fraction of sp³-hybridized carbons (Fsp3) is 0.417. The van der Waals surface area contributed by atoms with E-state index in [4.69, 9.17) is 5.11 Å². The van der Waals surface area contributed by atoms with Crippen molar-refractivity contribution in [3.8, 4) is 0 Å². The minimum Gasteiger partial charge on any atom is -0.481 e. The number of hydrogen-bond acceptors (Lipinski definition) is 2. The van der Waals surface area contributed by atoms with Crippen molar-refractivity contribution in [1.29, 1.82) is 0 Å². The van der Waals surface area contributed by atoms with Crippen molar-refractivity contribution in [2.75, 3.05) is 5.75 Å². The van der Waals surface area contributed by atoms with Crippen molar-refractivity contribution in [3.63, 3.8) is 0 Å². The summed E-state index contributed by atoms with van der Waals surface area (Å²) in [4.78, 5) is 11.8. The third-order valence-electron chi connectivity index (χ3n) is 2.39. The molecule has 0 radical (unpaired) electrons. The minimum absolute atomic E-state index is 0.254. The van der Waals surface area contributed by atoms with Crippen molar-refractivity contribution in [2.24, 2.45) is 5.41 Å². The van der Waals surface area contributed by atoms with E-state index in [0.717, 1.165) is 4.90 Å². The molecular formula is C12H15FO2S. The van der Waals surface area contributed by atoms with Gasteiger partial charge in [0.1, 0.15) is 5.82 Å². The molecule has 0 aromatic heterocycles. The molecule has 0 saturated heterocycles. The molecule has 0 bridgehead atoms. The van der Waals surface area contributed by atoms with E-state index in [0.29, 0.717) is 12.2 Å². The highest BCUT2D eigenvalue weighted by Crippen LogP contribution is 2.26. The maximum atomic E-state index is 12.6. The van der Waals surface area contributed by atoms with Gasteiger partial charge in [0.25, 0.3) is 0 Å². The molecule has 0 fully saturated rings. The number of benzene rings is 1. The van der Waals surface area contributed by atoms with Crippen LogP contribution in [0.5, 0.6) is 0 Å². The van der Waals surface area contributed by atoms with Crippen LogP contribution in [-0.4, -0.2) is 16.8 Å². The van der Waals surface area contributed by atoms with E-state index in [1.165, 1.54) is 12.1 Å². The monoisotopic (exact) mass is 242 g/mol. The quantitative estimate of drug-likeness (QED) is 0.804. The van der Waals surface area contributed by atoms with Crippen LogP contribution in [0.1, 0.15) is 20.3 Å². The topological polar surface area (TPSA) is 37.3 Å². The fourth-order valence-corrected chi connectivity index (χ4v) is 2.24. The lowest BCUT2D eigenvalue weighted by molar-refractivity contribution is -0.146. The predicted molar refractivity (Wildman–Crippen MR) is 63.2 cm³/mol. The van der Waals surface area contributed by atoms with Crippen molar-refractivity contribution >= 4 is 17.7 Å². The number of thioether (sulfide) groups is 1. The molecule has 0 heterocycles. The van der Waals surface area contributed by atoms with Crippen LogP contribution in [0, 0.1) is 11.2 Å². The first-order valence-corrected chi connectivity index (χ1v) is 6.02. The van der Waals surface area contributed by atoms with Crippen molar-refractivity contribution < 1.29 is 14.3 Å². The lowest BCUT2D eigenvalue weighted by Gasteiger charge is -2.18. The summed E-state index contributed by atoms with van der Waals surface area (Å²) in [5.41, 5.74) is -0.701. The molecule has 0 amide bonds. The third kappa shape index (κ3) is 3.85. The van der Waals surface area contributed by atoms with Gasteiger partial charge in [-0.15, -0.1) is 11.8 Å². The van der Waals surface area contributed by atoms with Crippen LogP contribution in [0.2, 0.25) is 0 Å². The van der Waals surface area contributed by atoms with E-state index >= 15 is 0 Å². The van der Waals surface area contributed by atoms with Gasteiger partial charge in [-0.05, 0) is 50.3 Å². The summed E-state index contributed by atoms with van der Waals surface area (Å²) in [7, 11) is 0. The Hall–Kier alpha value is -1.03. The first kappa shape index (κ1) is 13.0. The zero-order valence-corrected chi connectivity index (χ0v) is 10.2. The standard InChI is InChI=1S/C12H15FO2S/c1-12(2,11(14)15)7-8-16-10-5-3-9(13)4-6-10/h3-6H,7-8H2,1-2H3,(H,14,15). The van der Waals surface area contributed by atoms with Gasteiger partial charge in [0.05, 0.1) is 5.41 Å². The van der Waals surface area contributed by atoms with E-state index in [2.05, 4.69) is 0 Å². The van der Waals surface area contributed by atoms with Gasteiger partial charge in [-0.1, -0.05) is 0 Å². The van der Waals surface area contributed by atoms with Gasteiger partial charge in [-0.3, -0.25) is 4.79 Å². The van der Waals surface area contributed by atoms with E-state index in [-0.39, 0.29) is 5.82 Å². The van der Waals surface area contributed by atoms with E-state index in [9.17, 15) is 9.18 Å². The second-order valence-electron chi connectivity index (χ2n) is 4.24. The van der Waals surface area contributed by atoms with Crippen LogP contribution in [0.25, 0.3) is 0 Å². The van der Waals surface area contributed by atoms with Crippen molar-refractivity contribution in [2.45, 2.75) is 25.2 Å². The fourth-order valence-electron chi connectivity index (χ4n) is 1.06. The first-order valence-electron chi connectivity index (χ1n) is 5.03. The zero-order valence-electron chi connectivity index (χ0n) is 9.37. The molecule has 88 valence electrons. The number of carbonyl (C=O) groups is 1. The molecule has 16 heavy (non-hydrogen) atoms. The van der Waals surface area contributed by atoms with E-state index in [1.807, 2.05) is 0 Å². The lowest BCUT2D eigenvalue weighted by Crippen LogP contribution is -2.24. The Balaban J connectivity index is 2.41. The zero-order chi connectivity index (χ0) is 12.2. The van der Waals surface area contributed by atoms with E-state index in [1.54, 1.807) is 37.7 Å². The molecule has 0 spiro atoms. The molecule has 0 atom stereocenters. The van der Waals surface area contributed by atoms with Gasteiger partial charge in [0.15, 0.2) is 0 Å². The molecule has 2 nitrogen and oxygen atoms in total. The summed E-state index contributed by atoms with van der Waals surface area (Å²) < 4.78 is 12.6. The average molecular weight is 242 g/mol. The van der Waals surface area contributed by atoms with Crippen LogP contribution >= 0.6 is 11.8 Å². The second kappa shape index (κ2) is 5.34. The molecule has 0 aliphatic heterocycles. The lowest BCUT2D eigenvalue weighted by atomic mass is 9.91. The third-order valence-corrected chi connectivity index (χ3v) is 3.40. The number of carboxylic acids is 1. The number of rotatable bonds is 5. The molecule has 0 saturated carbocycles. The van der Waals surface area contributed by atoms with Crippen LogP contribution < -0.4 is 0 Å². The van der Waals surface area contributed by atoms with Gasteiger partial charge >= 0.3 is 5.97 Å². The summed E-state index contributed by atoms with van der Waals surface area (Å²) in [6.07, 6.45) is 0.588. The number of hydrogen-bond donors (Lipinski definition) is 1. The predicted octanol–water partition coefficient (Wildman–Crippen LogP) is 3.42. The van der Waals surface area contributed by atoms with Gasteiger partial charge in [0.2, 0.25) is 0 Å². The van der Waals surface area contributed by atoms with Crippen LogP contribution in [0.15, 0.2) is 29.2 Å². The van der Waals surface area contributed by atoms with Crippen molar-refractivity contribution in [3.05, 3.63) is 30.1 Å². The molecular weight excluding hydrogens is 227 g/mol. The molecule has 1 rings (SSSR count). The van der Waals surface area contributed by atoms with Crippen LogP contribution in [0.3, 0.4) is 0 Å². The number of carboxylic acid groups (broad SMARTS) is 1. The van der Waals surface area contributed by atoms with Crippen LogP contribution in [-0.2, 0) is 4.79 Å². The molecule has 1 aromatic rings. The summed E-state index contributed by atoms with van der Waals surface area (Å²) in [6.45, 7) is 3.42. The Morgan fingerprint density at radius 3 is 2.44 bits per heavy atom. The maximum absolute atomic E-state index is 12.6. The van der Waals surface area contributed by atoms with Gasteiger partial charge in [-0.25, -0.2) is 4.39 Å². The molecule has 4 heteroatoms. The first-order chi connectivity index (χ1) is 7.42. The highest BCUT2D eigenvalue weighted by molar-refractivity contribution is 7.99. The molecule has 0 unspecified atom stereocenters. The number of halogens is 1. The van der Waals surface area contributed by atoms with Crippen LogP contribution in [0.4, 0.5) is 4.39 Å². The Morgan fingerprint density at radius 1 is 1.38 bits per heavy atom. The highest BCUT2D eigenvalue weighted by Gasteiger charge is 2.26. The summed E-state index contributed by atoms with van der Waals surface area (Å²) in [6, 6.07) is 6.22. The van der Waals surface area contributed by atoms with Gasteiger partial charge < -0.3 is 5.11 Å². The molecule has 0 aliphatic carbocycles. The van der Waals surface area contributed by atoms with Gasteiger partial charge in [0, 0.05) is 4.90 Å².